The zero-order valence-electron chi connectivity index (χ0n) is 17.2. The number of hydrogen-bond donors (Lipinski definition) is 4. The highest BCUT2D eigenvalue weighted by atomic mass is 32.2. The number of fused-ring (bicyclic) bond motifs is 1. The van der Waals surface area contributed by atoms with Crippen molar-refractivity contribution in [3.63, 3.8) is 0 Å². The maximum Gasteiger partial charge on any atom is 0.229 e. The highest BCUT2D eigenvalue weighted by Gasteiger charge is 2.35. The summed E-state index contributed by atoms with van der Waals surface area (Å²) in [5.41, 5.74) is 1.67. The van der Waals surface area contributed by atoms with Gasteiger partial charge in [-0.3, -0.25) is 9.93 Å². The molecule has 1 unspecified atom stereocenters. The van der Waals surface area contributed by atoms with E-state index in [0.717, 1.165) is 53.7 Å². The molecule has 1 aliphatic rings. The van der Waals surface area contributed by atoms with Crippen LogP contribution in [0.4, 0.5) is 11.6 Å². The highest BCUT2D eigenvalue weighted by molar-refractivity contribution is 7.97. The largest absolute Gasteiger partial charge is 0.367 e. The Hall–Kier alpha value is -2.73. The Kier molecular flexibility index (Phi) is 6.10. The van der Waals surface area contributed by atoms with Crippen molar-refractivity contribution in [2.24, 2.45) is 11.0 Å². The third-order valence-corrected chi connectivity index (χ3v) is 6.30. The highest BCUT2D eigenvalue weighted by Crippen LogP contribution is 2.40. The zero-order valence-corrected chi connectivity index (χ0v) is 18.0. The molecular formula is C20H26N8O2S. The minimum atomic E-state index is -1.28. The molecule has 6 N–H and O–H groups in total. The van der Waals surface area contributed by atoms with Crippen LogP contribution >= 0.6 is 11.9 Å². The lowest BCUT2D eigenvalue weighted by Gasteiger charge is -2.38. The van der Waals surface area contributed by atoms with E-state index in [4.69, 9.17) is 16.0 Å². The monoisotopic (exact) mass is 442 g/mol. The molecule has 1 saturated carbocycles. The molecule has 0 radical (unpaired) electrons. The van der Waals surface area contributed by atoms with Gasteiger partial charge in [0.1, 0.15) is 10.7 Å². The molecule has 3 aromatic heterocycles. The lowest BCUT2D eigenvalue weighted by Crippen LogP contribution is -2.39. The lowest BCUT2D eigenvalue weighted by molar-refractivity contribution is -0.129. The first-order valence-electron chi connectivity index (χ1n) is 10.1. The fraction of sp³-hybridized carbons (Fsp3) is 0.400. The van der Waals surface area contributed by atoms with Gasteiger partial charge in [0.2, 0.25) is 12.4 Å². The van der Waals surface area contributed by atoms with Crippen molar-refractivity contribution in [1.82, 2.24) is 24.5 Å². The first kappa shape index (κ1) is 21.5. The average Bonchev–Trinajstić information content (AvgIpc) is 3.18. The van der Waals surface area contributed by atoms with E-state index in [1.54, 1.807) is 24.5 Å². The quantitative estimate of drug-likeness (QED) is 0.108. The molecule has 0 aliphatic heterocycles. The van der Waals surface area contributed by atoms with Gasteiger partial charge < -0.3 is 15.0 Å². The Morgan fingerprint density at radius 2 is 2.06 bits per heavy atom. The Bertz CT molecular complexity index is 1060. The summed E-state index contributed by atoms with van der Waals surface area (Å²) in [5, 5.41) is 21.6. The van der Waals surface area contributed by atoms with E-state index >= 15 is 0 Å². The Labute approximate surface area is 184 Å². The van der Waals surface area contributed by atoms with Gasteiger partial charge in [0, 0.05) is 17.1 Å². The number of nitrogens with one attached hydrogen (secondary N) is 1. The van der Waals surface area contributed by atoms with Crippen molar-refractivity contribution in [3.05, 3.63) is 36.3 Å². The number of nitrogens with two attached hydrogens (primary N) is 2. The van der Waals surface area contributed by atoms with Crippen LogP contribution in [0.1, 0.15) is 50.9 Å². The van der Waals surface area contributed by atoms with Crippen molar-refractivity contribution in [2.75, 3.05) is 5.32 Å². The Balaban J connectivity index is 1.79. The van der Waals surface area contributed by atoms with Crippen LogP contribution in [0.5, 0.6) is 0 Å². The van der Waals surface area contributed by atoms with Crippen molar-refractivity contribution < 1.29 is 9.90 Å². The van der Waals surface area contributed by atoms with Crippen LogP contribution in [0.2, 0.25) is 0 Å². The van der Waals surface area contributed by atoms with Gasteiger partial charge in [0.15, 0.2) is 6.23 Å². The fourth-order valence-electron chi connectivity index (χ4n) is 4.23. The summed E-state index contributed by atoms with van der Waals surface area (Å²) in [6.45, 7) is 2.16. The number of hydrogen-bond acceptors (Lipinski definition) is 9. The second-order valence-corrected chi connectivity index (χ2v) is 8.64. The minimum absolute atomic E-state index is 0.257. The molecule has 4 rings (SSSR count). The van der Waals surface area contributed by atoms with E-state index in [9.17, 15) is 9.90 Å². The molecule has 3 aromatic rings. The van der Waals surface area contributed by atoms with Gasteiger partial charge in [-0.2, -0.15) is 4.98 Å². The molecule has 1 amide bonds. The molecule has 3 heterocycles. The van der Waals surface area contributed by atoms with Crippen LogP contribution in [0.3, 0.4) is 0 Å². The summed E-state index contributed by atoms with van der Waals surface area (Å²) in [6.07, 6.45) is 7.71. The van der Waals surface area contributed by atoms with Gasteiger partial charge >= 0.3 is 0 Å². The molecule has 0 bridgehead atoms. The average molecular weight is 443 g/mol. The number of aliphatic hydroxyl groups is 1. The van der Waals surface area contributed by atoms with Crippen molar-refractivity contribution >= 4 is 41.0 Å². The number of anilines is 2. The smallest absolute Gasteiger partial charge is 0.229 e. The van der Waals surface area contributed by atoms with Gasteiger partial charge in [0.25, 0.3) is 0 Å². The summed E-state index contributed by atoms with van der Waals surface area (Å²) >= 11 is 1.08. The molecular weight excluding hydrogens is 416 g/mol. The van der Waals surface area contributed by atoms with Gasteiger partial charge in [-0.05, 0) is 49.9 Å². The third kappa shape index (κ3) is 4.22. The summed E-state index contributed by atoms with van der Waals surface area (Å²) in [7, 11) is 0. The number of pyridine rings is 1. The predicted octanol–water partition coefficient (Wildman–Crippen LogP) is 2.54. The SMILES string of the molecule is CC1(n2c(C(O)N(N)C=O)cc3cnc(Nc4ccc(SN)nc4)nc32)CCCCC1. The standard InChI is InChI=1S/C20H26N8O2S/c1-20(7-3-2-4-8-20)28-15(18(30)27(21)12-29)9-13-10-24-19(26-17(13)28)25-14-5-6-16(31-22)23-11-14/h5-6,9-12,18,30H,2-4,7-8,21-22H2,1H3,(H,24,25,26). The number of amides is 1. The topological polar surface area (TPSA) is 148 Å². The molecule has 0 aromatic carbocycles. The number of carbonyl (C=O) groups excluding carboxylic acids is 1. The van der Waals surface area contributed by atoms with Gasteiger partial charge in [-0.1, -0.05) is 19.3 Å². The van der Waals surface area contributed by atoms with Crippen LogP contribution < -0.4 is 16.3 Å². The zero-order chi connectivity index (χ0) is 22.0. The lowest BCUT2D eigenvalue weighted by atomic mass is 9.83. The Morgan fingerprint density at radius 1 is 1.29 bits per heavy atom. The van der Waals surface area contributed by atoms with Crippen molar-refractivity contribution in [1.29, 1.82) is 0 Å². The van der Waals surface area contributed by atoms with Crippen LogP contribution in [-0.2, 0) is 10.3 Å². The van der Waals surface area contributed by atoms with E-state index < -0.39 is 6.23 Å². The van der Waals surface area contributed by atoms with Gasteiger partial charge in [-0.25, -0.2) is 20.8 Å². The second kappa shape index (κ2) is 8.79. The first-order chi connectivity index (χ1) is 14.9. The first-order valence-corrected chi connectivity index (χ1v) is 11.0. The molecule has 0 saturated heterocycles. The van der Waals surface area contributed by atoms with E-state index in [0.29, 0.717) is 28.7 Å². The van der Waals surface area contributed by atoms with Crippen molar-refractivity contribution in [2.45, 2.75) is 55.8 Å². The Morgan fingerprint density at radius 3 is 2.71 bits per heavy atom. The number of rotatable bonds is 7. The molecule has 31 heavy (non-hydrogen) atoms. The maximum absolute atomic E-state index is 11.2. The van der Waals surface area contributed by atoms with Gasteiger partial charge in [0.05, 0.1) is 17.6 Å². The van der Waals surface area contributed by atoms with Crippen LogP contribution in [0.25, 0.3) is 11.0 Å². The van der Waals surface area contributed by atoms with Crippen LogP contribution in [0.15, 0.2) is 35.6 Å². The van der Waals surface area contributed by atoms with Gasteiger partial charge in [-0.15, -0.1) is 0 Å². The maximum atomic E-state index is 11.2. The molecule has 10 nitrogen and oxygen atoms in total. The van der Waals surface area contributed by atoms with E-state index in [-0.39, 0.29) is 5.54 Å². The number of nitrogens with zero attached hydrogens (tertiary/aromatic N) is 5. The minimum Gasteiger partial charge on any atom is -0.367 e. The fourth-order valence-corrected chi connectivity index (χ4v) is 4.49. The van der Waals surface area contributed by atoms with E-state index in [1.807, 2.05) is 10.6 Å². The summed E-state index contributed by atoms with van der Waals surface area (Å²) in [4.78, 5) is 24.6. The number of aromatic nitrogens is 4. The molecule has 164 valence electrons. The third-order valence-electron chi connectivity index (χ3n) is 5.82. The van der Waals surface area contributed by atoms with E-state index in [2.05, 4.69) is 22.2 Å². The second-order valence-electron chi connectivity index (χ2n) is 7.99. The van der Waals surface area contributed by atoms with Crippen molar-refractivity contribution in [3.8, 4) is 0 Å². The molecule has 11 heteroatoms. The van der Waals surface area contributed by atoms with Crippen LogP contribution in [-0.4, -0.2) is 36.0 Å². The predicted molar refractivity (Wildman–Crippen MR) is 119 cm³/mol. The summed E-state index contributed by atoms with van der Waals surface area (Å²) < 4.78 is 2.02. The number of hydrazine groups is 1. The molecule has 1 fully saturated rings. The van der Waals surface area contributed by atoms with E-state index in [1.165, 1.54) is 6.42 Å². The number of carbonyl (C=O) groups is 1. The molecule has 1 aliphatic carbocycles. The molecule has 0 spiro atoms. The normalized spacial score (nSPS) is 16.8. The summed E-state index contributed by atoms with van der Waals surface area (Å²) in [5.74, 6) is 6.11. The molecule has 1 atom stereocenters. The summed E-state index contributed by atoms with van der Waals surface area (Å²) in [6, 6.07) is 5.45. The van der Waals surface area contributed by atoms with Crippen LogP contribution in [0, 0.1) is 0 Å². The number of aliphatic hydroxyl groups excluding tert-OH is 1.